The summed E-state index contributed by atoms with van der Waals surface area (Å²) in [5.74, 6) is 0.679. The molecule has 0 aliphatic rings. The standard InChI is InChI=1S/C12H15N3O3/c1-3-5-9(17-2)11-14-12(18-15-11)10-8(16)6-4-7-13-10/h4,6-7,9,16H,3,5H2,1-2H3. The topological polar surface area (TPSA) is 81.3 Å². The number of ether oxygens (including phenoxy) is 1. The molecule has 2 aromatic rings. The van der Waals surface area contributed by atoms with Gasteiger partial charge >= 0.3 is 0 Å². The third-order valence-electron chi connectivity index (χ3n) is 2.55. The molecule has 1 atom stereocenters. The molecule has 0 spiro atoms. The van der Waals surface area contributed by atoms with Gasteiger partial charge in [0.05, 0.1) is 0 Å². The van der Waals surface area contributed by atoms with Crippen LogP contribution in [0.1, 0.15) is 31.7 Å². The Hall–Kier alpha value is -1.95. The summed E-state index contributed by atoms with van der Waals surface area (Å²) < 4.78 is 10.4. The molecule has 0 radical (unpaired) electrons. The molecule has 0 bridgehead atoms. The zero-order valence-electron chi connectivity index (χ0n) is 10.3. The van der Waals surface area contributed by atoms with Crippen molar-refractivity contribution in [3.63, 3.8) is 0 Å². The van der Waals surface area contributed by atoms with E-state index >= 15 is 0 Å². The number of hydrogen-bond acceptors (Lipinski definition) is 6. The number of rotatable bonds is 5. The van der Waals surface area contributed by atoms with E-state index in [0.29, 0.717) is 5.82 Å². The van der Waals surface area contributed by atoms with Gasteiger partial charge in [-0.15, -0.1) is 0 Å². The van der Waals surface area contributed by atoms with Crippen molar-refractivity contribution in [2.24, 2.45) is 0 Å². The molecular weight excluding hydrogens is 234 g/mol. The molecule has 0 amide bonds. The molecule has 2 rings (SSSR count). The molecule has 2 aromatic heterocycles. The smallest absolute Gasteiger partial charge is 0.280 e. The van der Waals surface area contributed by atoms with Gasteiger partial charge in [0.25, 0.3) is 5.89 Å². The highest BCUT2D eigenvalue weighted by Gasteiger charge is 2.19. The summed E-state index contributed by atoms with van der Waals surface area (Å²) in [7, 11) is 1.61. The van der Waals surface area contributed by atoms with E-state index in [2.05, 4.69) is 22.0 Å². The molecule has 2 heterocycles. The third-order valence-corrected chi connectivity index (χ3v) is 2.55. The average Bonchev–Trinajstić information content (AvgIpc) is 2.85. The first-order chi connectivity index (χ1) is 8.76. The fourth-order valence-corrected chi connectivity index (χ4v) is 1.64. The van der Waals surface area contributed by atoms with Crippen LogP contribution in [0.15, 0.2) is 22.9 Å². The van der Waals surface area contributed by atoms with E-state index in [9.17, 15) is 5.11 Å². The molecule has 0 aliphatic heterocycles. The van der Waals surface area contributed by atoms with Crippen LogP contribution >= 0.6 is 0 Å². The van der Waals surface area contributed by atoms with Crippen LogP contribution in [-0.2, 0) is 4.74 Å². The second-order valence-corrected chi connectivity index (χ2v) is 3.84. The lowest BCUT2D eigenvalue weighted by atomic mass is 10.2. The maximum absolute atomic E-state index is 9.65. The highest BCUT2D eigenvalue weighted by molar-refractivity contribution is 5.55. The number of pyridine rings is 1. The van der Waals surface area contributed by atoms with E-state index in [4.69, 9.17) is 9.26 Å². The Morgan fingerprint density at radius 3 is 3.00 bits per heavy atom. The fraction of sp³-hybridized carbons (Fsp3) is 0.417. The van der Waals surface area contributed by atoms with Crippen molar-refractivity contribution in [1.29, 1.82) is 0 Å². The van der Waals surface area contributed by atoms with E-state index in [1.807, 2.05) is 0 Å². The lowest BCUT2D eigenvalue weighted by Gasteiger charge is -2.08. The van der Waals surface area contributed by atoms with Crippen LogP contribution in [0.5, 0.6) is 5.75 Å². The quantitative estimate of drug-likeness (QED) is 0.875. The van der Waals surface area contributed by atoms with Gasteiger partial charge in [-0.3, -0.25) is 0 Å². The van der Waals surface area contributed by atoms with Crippen molar-refractivity contribution < 1.29 is 14.4 Å². The van der Waals surface area contributed by atoms with E-state index in [0.717, 1.165) is 12.8 Å². The first-order valence-corrected chi connectivity index (χ1v) is 5.77. The Kier molecular flexibility index (Phi) is 3.88. The number of aromatic hydroxyl groups is 1. The minimum absolute atomic E-state index is 0.0113. The summed E-state index contributed by atoms with van der Waals surface area (Å²) in [5.41, 5.74) is 0.280. The van der Waals surface area contributed by atoms with Crippen molar-refractivity contribution in [2.75, 3.05) is 7.11 Å². The van der Waals surface area contributed by atoms with Crippen molar-refractivity contribution >= 4 is 0 Å². The molecule has 6 nitrogen and oxygen atoms in total. The lowest BCUT2D eigenvalue weighted by Crippen LogP contribution is -2.03. The van der Waals surface area contributed by atoms with Crippen molar-refractivity contribution in [2.45, 2.75) is 25.9 Å². The molecule has 1 unspecified atom stereocenters. The molecule has 6 heteroatoms. The Morgan fingerprint density at radius 1 is 1.50 bits per heavy atom. The van der Waals surface area contributed by atoms with Crippen LogP contribution in [0.3, 0.4) is 0 Å². The molecule has 0 aromatic carbocycles. The number of methoxy groups -OCH3 is 1. The second-order valence-electron chi connectivity index (χ2n) is 3.84. The summed E-state index contributed by atoms with van der Waals surface area (Å²) in [6.45, 7) is 2.05. The SMILES string of the molecule is CCCC(OC)c1noc(-c2ncccc2O)n1. The van der Waals surface area contributed by atoms with Crippen LogP contribution in [0.2, 0.25) is 0 Å². The Labute approximate surface area is 105 Å². The average molecular weight is 249 g/mol. The zero-order chi connectivity index (χ0) is 13.0. The van der Waals surface area contributed by atoms with Gasteiger partial charge in [-0.25, -0.2) is 4.98 Å². The van der Waals surface area contributed by atoms with E-state index in [-0.39, 0.29) is 23.4 Å². The number of nitrogens with zero attached hydrogens (tertiary/aromatic N) is 3. The highest BCUT2D eigenvalue weighted by Crippen LogP contribution is 2.27. The van der Waals surface area contributed by atoms with Gasteiger partial charge in [-0.1, -0.05) is 18.5 Å². The molecule has 1 N–H and O–H groups in total. The first kappa shape index (κ1) is 12.5. The lowest BCUT2D eigenvalue weighted by molar-refractivity contribution is 0.0854. The van der Waals surface area contributed by atoms with E-state index < -0.39 is 0 Å². The highest BCUT2D eigenvalue weighted by atomic mass is 16.5. The van der Waals surface area contributed by atoms with Crippen LogP contribution in [0.4, 0.5) is 0 Å². The molecule has 0 fully saturated rings. The normalized spacial score (nSPS) is 12.6. The summed E-state index contributed by atoms with van der Waals surface area (Å²) in [4.78, 5) is 8.21. The summed E-state index contributed by atoms with van der Waals surface area (Å²) in [6.07, 6.45) is 3.12. The van der Waals surface area contributed by atoms with E-state index in [1.54, 1.807) is 19.4 Å². The Morgan fingerprint density at radius 2 is 2.33 bits per heavy atom. The van der Waals surface area contributed by atoms with Gasteiger partial charge in [-0.05, 0) is 18.6 Å². The molecule has 0 aliphatic carbocycles. The monoisotopic (exact) mass is 249 g/mol. The molecule has 96 valence electrons. The Bertz CT molecular complexity index is 513. The molecule has 18 heavy (non-hydrogen) atoms. The number of aromatic nitrogens is 3. The second kappa shape index (κ2) is 5.59. The minimum atomic E-state index is -0.196. The van der Waals surface area contributed by atoms with E-state index in [1.165, 1.54) is 6.07 Å². The fourth-order valence-electron chi connectivity index (χ4n) is 1.64. The minimum Gasteiger partial charge on any atom is -0.505 e. The summed E-state index contributed by atoms with van der Waals surface area (Å²) >= 11 is 0. The first-order valence-electron chi connectivity index (χ1n) is 5.77. The van der Waals surface area contributed by atoms with Gasteiger partial charge in [0.15, 0.2) is 5.69 Å². The Balaban J connectivity index is 2.28. The predicted octanol–water partition coefficient (Wildman–Crippen LogP) is 2.32. The van der Waals surface area contributed by atoms with Gasteiger partial charge < -0.3 is 14.4 Å². The van der Waals surface area contributed by atoms with Gasteiger partial charge in [0.1, 0.15) is 11.9 Å². The molecular formula is C12H15N3O3. The van der Waals surface area contributed by atoms with Gasteiger partial charge in [0, 0.05) is 13.3 Å². The molecule has 0 saturated carbocycles. The largest absolute Gasteiger partial charge is 0.505 e. The predicted molar refractivity (Wildman–Crippen MR) is 63.9 cm³/mol. The molecule has 0 saturated heterocycles. The van der Waals surface area contributed by atoms with Crippen LogP contribution in [-0.4, -0.2) is 27.3 Å². The van der Waals surface area contributed by atoms with Crippen LogP contribution in [0, 0.1) is 0 Å². The van der Waals surface area contributed by atoms with Crippen molar-refractivity contribution in [3.8, 4) is 17.3 Å². The maximum atomic E-state index is 9.65. The zero-order valence-corrected chi connectivity index (χ0v) is 10.3. The number of hydrogen-bond donors (Lipinski definition) is 1. The van der Waals surface area contributed by atoms with Gasteiger partial charge in [0.2, 0.25) is 5.82 Å². The maximum Gasteiger partial charge on any atom is 0.280 e. The van der Waals surface area contributed by atoms with Crippen molar-refractivity contribution in [1.82, 2.24) is 15.1 Å². The van der Waals surface area contributed by atoms with Crippen LogP contribution < -0.4 is 0 Å². The van der Waals surface area contributed by atoms with Gasteiger partial charge in [-0.2, -0.15) is 4.98 Å². The van der Waals surface area contributed by atoms with Crippen molar-refractivity contribution in [3.05, 3.63) is 24.2 Å². The summed E-state index contributed by atoms with van der Waals surface area (Å²) in [5, 5.41) is 13.5. The third kappa shape index (κ3) is 2.48. The summed E-state index contributed by atoms with van der Waals surface area (Å²) in [6, 6.07) is 3.15. The van der Waals surface area contributed by atoms with Crippen LogP contribution in [0.25, 0.3) is 11.6 Å².